The van der Waals surface area contributed by atoms with Crippen LogP contribution >= 0.6 is 0 Å². The number of anilines is 1. The summed E-state index contributed by atoms with van der Waals surface area (Å²) >= 11 is 0. The summed E-state index contributed by atoms with van der Waals surface area (Å²) in [5, 5.41) is 3.07. The lowest BCUT2D eigenvalue weighted by Crippen LogP contribution is -2.43. The molecule has 1 N–H and O–H groups in total. The van der Waals surface area contributed by atoms with Crippen LogP contribution in [0.2, 0.25) is 0 Å². The lowest BCUT2D eigenvalue weighted by Gasteiger charge is -2.26. The van der Waals surface area contributed by atoms with Gasteiger partial charge in [-0.2, -0.15) is 0 Å². The van der Waals surface area contributed by atoms with Crippen molar-refractivity contribution in [2.24, 2.45) is 0 Å². The molecule has 2 rings (SSSR count). The van der Waals surface area contributed by atoms with E-state index in [1.807, 2.05) is 24.8 Å². The van der Waals surface area contributed by atoms with Gasteiger partial charge in [0, 0.05) is 24.8 Å². The van der Waals surface area contributed by atoms with Crippen molar-refractivity contribution in [2.45, 2.75) is 20.3 Å². The minimum Gasteiger partial charge on any atom is -0.378 e. The predicted molar refractivity (Wildman–Crippen MR) is 72.0 cm³/mol. The number of carbonyl (C=O) groups excluding carboxylic acids is 1. The maximum Gasteiger partial charge on any atom is 0.242 e. The molecule has 0 aliphatic carbocycles. The molecule has 1 saturated heterocycles. The smallest absolute Gasteiger partial charge is 0.242 e. The molecular formula is C13H20N4O2. The Morgan fingerprint density at radius 3 is 2.84 bits per heavy atom. The molecular weight excluding hydrogens is 244 g/mol. The third-order valence-electron chi connectivity index (χ3n) is 3.04. The molecule has 104 valence electrons. The monoisotopic (exact) mass is 264 g/mol. The highest BCUT2D eigenvalue weighted by molar-refractivity contribution is 5.80. The maximum atomic E-state index is 12.0. The first-order valence-corrected chi connectivity index (χ1v) is 6.63. The quantitative estimate of drug-likeness (QED) is 0.863. The first-order valence-electron chi connectivity index (χ1n) is 6.63. The summed E-state index contributed by atoms with van der Waals surface area (Å²) in [4.78, 5) is 22.4. The molecule has 19 heavy (non-hydrogen) atoms. The van der Waals surface area contributed by atoms with Gasteiger partial charge in [0.05, 0.1) is 19.8 Å². The van der Waals surface area contributed by atoms with E-state index in [4.69, 9.17) is 4.74 Å². The van der Waals surface area contributed by atoms with E-state index in [9.17, 15) is 4.79 Å². The van der Waals surface area contributed by atoms with Crippen molar-refractivity contribution in [3.05, 3.63) is 17.6 Å². The molecule has 0 aromatic carbocycles. The number of carbonyl (C=O) groups is 1. The lowest BCUT2D eigenvalue weighted by molar-refractivity contribution is -0.133. The fourth-order valence-electron chi connectivity index (χ4n) is 1.99. The molecule has 6 heteroatoms. The Balaban J connectivity index is 1.90. The Hall–Kier alpha value is -1.69. The summed E-state index contributed by atoms with van der Waals surface area (Å²) in [6.45, 7) is 6.75. The van der Waals surface area contributed by atoms with E-state index in [2.05, 4.69) is 15.3 Å². The highest BCUT2D eigenvalue weighted by Crippen LogP contribution is 2.07. The van der Waals surface area contributed by atoms with E-state index in [0.717, 1.165) is 17.9 Å². The molecule has 0 atom stereocenters. The third-order valence-corrected chi connectivity index (χ3v) is 3.04. The van der Waals surface area contributed by atoms with Crippen molar-refractivity contribution in [1.29, 1.82) is 0 Å². The van der Waals surface area contributed by atoms with Crippen LogP contribution in [-0.2, 0) is 16.0 Å². The van der Waals surface area contributed by atoms with E-state index in [1.165, 1.54) is 0 Å². The Kier molecular flexibility index (Phi) is 4.68. The predicted octanol–water partition coefficient (Wildman–Crippen LogP) is 0.618. The second-order valence-corrected chi connectivity index (χ2v) is 4.49. The topological polar surface area (TPSA) is 67.4 Å². The Morgan fingerprint density at radius 2 is 2.16 bits per heavy atom. The molecule has 1 aromatic heterocycles. The van der Waals surface area contributed by atoms with Crippen molar-refractivity contribution >= 4 is 11.7 Å². The Labute approximate surface area is 113 Å². The number of nitrogens with one attached hydrogen (secondary N) is 1. The minimum absolute atomic E-state index is 0.0811. The van der Waals surface area contributed by atoms with Gasteiger partial charge in [0.15, 0.2) is 0 Å². The molecule has 0 spiro atoms. The number of ether oxygens (including phenoxy) is 1. The maximum absolute atomic E-state index is 12.0. The fraction of sp³-hybridized carbons (Fsp3) is 0.615. The molecule has 0 unspecified atom stereocenters. The van der Waals surface area contributed by atoms with Gasteiger partial charge in [-0.25, -0.2) is 9.97 Å². The van der Waals surface area contributed by atoms with Crippen LogP contribution in [0.4, 0.5) is 5.82 Å². The van der Waals surface area contributed by atoms with Crippen LogP contribution in [0.15, 0.2) is 6.07 Å². The van der Waals surface area contributed by atoms with Gasteiger partial charge in [0.1, 0.15) is 11.6 Å². The summed E-state index contributed by atoms with van der Waals surface area (Å²) in [6.07, 6.45) is 0.857. The molecule has 1 aromatic rings. The number of hydrogen-bond donors (Lipinski definition) is 1. The molecule has 2 heterocycles. The van der Waals surface area contributed by atoms with Crippen LogP contribution in [0.25, 0.3) is 0 Å². The molecule has 1 amide bonds. The minimum atomic E-state index is 0.0811. The fourth-order valence-corrected chi connectivity index (χ4v) is 1.99. The average Bonchev–Trinajstić information content (AvgIpc) is 2.45. The zero-order valence-corrected chi connectivity index (χ0v) is 11.5. The highest BCUT2D eigenvalue weighted by atomic mass is 16.5. The van der Waals surface area contributed by atoms with Crippen LogP contribution in [0.5, 0.6) is 0 Å². The van der Waals surface area contributed by atoms with Crippen molar-refractivity contribution in [3.63, 3.8) is 0 Å². The van der Waals surface area contributed by atoms with E-state index >= 15 is 0 Å². The second-order valence-electron chi connectivity index (χ2n) is 4.49. The number of aromatic nitrogens is 2. The largest absolute Gasteiger partial charge is 0.378 e. The third kappa shape index (κ3) is 3.89. The van der Waals surface area contributed by atoms with Crippen molar-refractivity contribution in [2.75, 3.05) is 38.2 Å². The van der Waals surface area contributed by atoms with Gasteiger partial charge >= 0.3 is 0 Å². The van der Waals surface area contributed by atoms with E-state index in [1.54, 1.807) is 0 Å². The summed E-state index contributed by atoms with van der Waals surface area (Å²) in [5.41, 5.74) is 0.980. The van der Waals surface area contributed by atoms with Crippen LogP contribution in [0.1, 0.15) is 18.4 Å². The molecule has 1 aliphatic heterocycles. The summed E-state index contributed by atoms with van der Waals surface area (Å²) in [5.74, 6) is 1.52. The first-order chi connectivity index (χ1) is 9.19. The van der Waals surface area contributed by atoms with Crippen molar-refractivity contribution in [3.8, 4) is 0 Å². The van der Waals surface area contributed by atoms with Crippen molar-refractivity contribution < 1.29 is 9.53 Å². The number of rotatable bonds is 4. The zero-order chi connectivity index (χ0) is 13.7. The molecule has 0 saturated carbocycles. The van der Waals surface area contributed by atoms with Gasteiger partial charge in [-0.3, -0.25) is 4.79 Å². The normalized spacial score (nSPS) is 15.4. The van der Waals surface area contributed by atoms with Crippen LogP contribution in [0, 0.1) is 6.92 Å². The molecule has 0 radical (unpaired) electrons. The van der Waals surface area contributed by atoms with Crippen LogP contribution in [-0.4, -0.2) is 53.6 Å². The molecule has 6 nitrogen and oxygen atoms in total. The molecule has 0 bridgehead atoms. The molecule has 1 fully saturated rings. The zero-order valence-electron chi connectivity index (χ0n) is 11.5. The van der Waals surface area contributed by atoms with Gasteiger partial charge in [-0.1, -0.05) is 6.92 Å². The van der Waals surface area contributed by atoms with Gasteiger partial charge < -0.3 is 15.0 Å². The highest BCUT2D eigenvalue weighted by Gasteiger charge is 2.16. The van der Waals surface area contributed by atoms with Gasteiger partial charge in [0.25, 0.3) is 0 Å². The summed E-state index contributed by atoms with van der Waals surface area (Å²) in [7, 11) is 0. The van der Waals surface area contributed by atoms with E-state index < -0.39 is 0 Å². The number of morpholine rings is 1. The summed E-state index contributed by atoms with van der Waals surface area (Å²) < 4.78 is 5.22. The Morgan fingerprint density at radius 1 is 1.42 bits per heavy atom. The second kappa shape index (κ2) is 6.47. The van der Waals surface area contributed by atoms with Gasteiger partial charge in [-0.15, -0.1) is 0 Å². The lowest BCUT2D eigenvalue weighted by atomic mass is 10.3. The number of amides is 1. The van der Waals surface area contributed by atoms with E-state index in [-0.39, 0.29) is 12.5 Å². The SMILES string of the molecule is CCc1cc(NCC(=O)N2CCOCC2)nc(C)n1. The van der Waals surface area contributed by atoms with Crippen molar-refractivity contribution in [1.82, 2.24) is 14.9 Å². The Bertz CT molecular complexity index is 444. The number of hydrogen-bond acceptors (Lipinski definition) is 5. The number of nitrogens with zero attached hydrogens (tertiary/aromatic N) is 3. The summed E-state index contributed by atoms with van der Waals surface area (Å²) in [6, 6.07) is 1.89. The molecule has 1 aliphatic rings. The number of aryl methyl sites for hydroxylation is 2. The van der Waals surface area contributed by atoms with E-state index in [0.29, 0.717) is 32.1 Å². The van der Waals surface area contributed by atoms with Gasteiger partial charge in [0.2, 0.25) is 5.91 Å². The van der Waals surface area contributed by atoms with Crippen LogP contribution in [0.3, 0.4) is 0 Å². The standard InChI is InChI=1S/C13H20N4O2/c1-3-11-8-12(16-10(2)15-11)14-9-13(18)17-4-6-19-7-5-17/h8H,3-7,9H2,1-2H3,(H,14,15,16). The van der Waals surface area contributed by atoms with Crippen LogP contribution < -0.4 is 5.32 Å². The average molecular weight is 264 g/mol. The van der Waals surface area contributed by atoms with Gasteiger partial charge in [-0.05, 0) is 13.3 Å². The first kappa shape index (κ1) is 13.7.